The van der Waals surface area contributed by atoms with E-state index in [0.717, 1.165) is 25.2 Å². The molecule has 1 saturated heterocycles. The lowest BCUT2D eigenvalue weighted by Crippen LogP contribution is -2.32. The molecule has 2 heterocycles. The zero-order valence-electron chi connectivity index (χ0n) is 11.2. The van der Waals surface area contributed by atoms with Crippen LogP contribution < -0.4 is 0 Å². The van der Waals surface area contributed by atoms with Gasteiger partial charge in [0.15, 0.2) is 0 Å². The van der Waals surface area contributed by atoms with E-state index in [0.29, 0.717) is 11.9 Å². The average Bonchev–Trinajstić information content (AvgIpc) is 2.75. The van der Waals surface area contributed by atoms with Crippen molar-refractivity contribution in [2.24, 2.45) is 0 Å². The first-order valence-electron chi connectivity index (χ1n) is 6.67. The van der Waals surface area contributed by atoms with Gasteiger partial charge in [0.05, 0.1) is 17.6 Å². The Bertz CT molecular complexity index is 369. The van der Waals surface area contributed by atoms with Gasteiger partial charge in [-0.15, -0.1) is 22.9 Å². The Hall–Kier alpha value is -0.160. The van der Waals surface area contributed by atoms with Crippen LogP contribution >= 0.6 is 22.9 Å². The molecule has 0 spiro atoms. The van der Waals surface area contributed by atoms with Crippen molar-refractivity contribution in [1.29, 1.82) is 0 Å². The summed E-state index contributed by atoms with van der Waals surface area (Å²) in [7, 11) is 2.21. The molecule has 0 amide bonds. The van der Waals surface area contributed by atoms with Crippen LogP contribution in [0, 0.1) is 0 Å². The quantitative estimate of drug-likeness (QED) is 0.794. The Morgan fingerprint density at radius 1 is 1.39 bits per heavy atom. The van der Waals surface area contributed by atoms with Crippen LogP contribution in [0.5, 0.6) is 0 Å². The van der Waals surface area contributed by atoms with Crippen molar-refractivity contribution in [3.05, 3.63) is 16.1 Å². The van der Waals surface area contributed by atoms with Crippen molar-refractivity contribution in [3.63, 3.8) is 0 Å². The lowest BCUT2D eigenvalue weighted by molar-refractivity contribution is 0.198. The lowest BCUT2D eigenvalue weighted by Gasteiger charge is -2.28. The van der Waals surface area contributed by atoms with Crippen LogP contribution in [0.2, 0.25) is 0 Å². The van der Waals surface area contributed by atoms with Gasteiger partial charge in [-0.05, 0) is 26.4 Å². The first-order chi connectivity index (χ1) is 8.74. The highest BCUT2D eigenvalue weighted by atomic mass is 35.5. The molecule has 1 unspecified atom stereocenters. The number of aromatic nitrogens is 1. The predicted molar refractivity (Wildman–Crippen MR) is 78.4 cm³/mol. The number of hydrogen-bond acceptors (Lipinski definition) is 4. The number of alkyl halides is 1. The number of halogens is 1. The summed E-state index contributed by atoms with van der Waals surface area (Å²) in [5.74, 6) is 0.523. The summed E-state index contributed by atoms with van der Waals surface area (Å²) in [5.41, 5.74) is 1.02. The van der Waals surface area contributed by atoms with Crippen molar-refractivity contribution < 1.29 is 0 Å². The standard InChI is InChI=1S/C13H22ClN3S/c1-3-12(13-15-11(9-14)10-18-13)17-6-4-5-16(2)7-8-17/h10,12H,3-9H2,1-2H3. The third kappa shape index (κ3) is 3.44. The molecule has 5 heteroatoms. The van der Waals surface area contributed by atoms with Crippen LogP contribution in [-0.2, 0) is 5.88 Å². The topological polar surface area (TPSA) is 19.4 Å². The molecule has 102 valence electrons. The molecule has 1 aromatic heterocycles. The molecule has 0 N–H and O–H groups in total. The van der Waals surface area contributed by atoms with Crippen LogP contribution in [0.3, 0.4) is 0 Å². The number of hydrogen-bond donors (Lipinski definition) is 0. The van der Waals surface area contributed by atoms with Gasteiger partial charge >= 0.3 is 0 Å². The second-order valence-electron chi connectivity index (χ2n) is 4.93. The normalized spacial score (nSPS) is 20.8. The largest absolute Gasteiger partial charge is 0.305 e. The van der Waals surface area contributed by atoms with E-state index in [1.165, 1.54) is 24.5 Å². The molecular formula is C13H22ClN3S. The highest BCUT2D eigenvalue weighted by molar-refractivity contribution is 7.09. The fourth-order valence-corrected chi connectivity index (χ4v) is 3.77. The van der Waals surface area contributed by atoms with Crippen molar-refractivity contribution in [3.8, 4) is 0 Å². The molecule has 1 aliphatic heterocycles. The molecule has 1 atom stereocenters. The Labute approximate surface area is 119 Å². The van der Waals surface area contributed by atoms with E-state index in [4.69, 9.17) is 11.6 Å². The molecule has 18 heavy (non-hydrogen) atoms. The fourth-order valence-electron chi connectivity index (χ4n) is 2.50. The monoisotopic (exact) mass is 287 g/mol. The summed E-state index contributed by atoms with van der Waals surface area (Å²) >= 11 is 7.60. The van der Waals surface area contributed by atoms with Crippen LogP contribution in [0.4, 0.5) is 0 Å². The first-order valence-corrected chi connectivity index (χ1v) is 8.09. The molecule has 1 aromatic rings. The van der Waals surface area contributed by atoms with E-state index >= 15 is 0 Å². The Kier molecular flexibility index (Phi) is 5.42. The summed E-state index contributed by atoms with van der Waals surface area (Å²) in [6.45, 7) is 6.94. The van der Waals surface area contributed by atoms with Crippen molar-refractivity contribution >= 4 is 22.9 Å². The maximum Gasteiger partial charge on any atom is 0.110 e. The fraction of sp³-hybridized carbons (Fsp3) is 0.769. The number of likely N-dealkylation sites (N-methyl/N-ethyl adjacent to an activating group) is 1. The Balaban J connectivity index is 2.07. The van der Waals surface area contributed by atoms with E-state index < -0.39 is 0 Å². The van der Waals surface area contributed by atoms with Crippen molar-refractivity contribution in [2.75, 3.05) is 33.2 Å². The number of nitrogens with zero attached hydrogens (tertiary/aromatic N) is 3. The van der Waals surface area contributed by atoms with Crippen LogP contribution in [0.25, 0.3) is 0 Å². The van der Waals surface area contributed by atoms with E-state index in [9.17, 15) is 0 Å². The first kappa shape index (κ1) is 14.3. The average molecular weight is 288 g/mol. The Morgan fingerprint density at radius 2 is 2.22 bits per heavy atom. The second kappa shape index (κ2) is 6.85. The van der Waals surface area contributed by atoms with E-state index in [2.05, 4.69) is 34.1 Å². The maximum absolute atomic E-state index is 5.84. The predicted octanol–water partition coefficient (Wildman–Crippen LogP) is 2.97. The highest BCUT2D eigenvalue weighted by Gasteiger charge is 2.23. The number of thiazole rings is 1. The molecule has 0 aliphatic carbocycles. The van der Waals surface area contributed by atoms with Gasteiger partial charge in [0, 0.05) is 25.0 Å². The zero-order valence-corrected chi connectivity index (χ0v) is 12.8. The molecule has 1 aliphatic rings. The molecule has 0 radical (unpaired) electrons. The highest BCUT2D eigenvalue weighted by Crippen LogP contribution is 2.28. The molecule has 0 bridgehead atoms. The summed E-state index contributed by atoms with van der Waals surface area (Å²) in [6.07, 6.45) is 2.37. The van der Waals surface area contributed by atoms with Gasteiger partial charge < -0.3 is 4.90 Å². The summed E-state index contributed by atoms with van der Waals surface area (Å²) in [5, 5.41) is 3.33. The van der Waals surface area contributed by atoms with E-state index in [1.54, 1.807) is 11.3 Å². The lowest BCUT2D eigenvalue weighted by atomic mass is 10.2. The minimum Gasteiger partial charge on any atom is -0.305 e. The van der Waals surface area contributed by atoms with Gasteiger partial charge in [-0.2, -0.15) is 0 Å². The summed E-state index contributed by atoms with van der Waals surface area (Å²) < 4.78 is 0. The molecule has 3 nitrogen and oxygen atoms in total. The van der Waals surface area contributed by atoms with Crippen LogP contribution in [0.1, 0.15) is 36.5 Å². The van der Waals surface area contributed by atoms with Gasteiger partial charge in [-0.3, -0.25) is 4.90 Å². The molecule has 1 fully saturated rings. The summed E-state index contributed by atoms with van der Waals surface area (Å²) in [6, 6.07) is 0.471. The molecule has 0 aromatic carbocycles. The smallest absolute Gasteiger partial charge is 0.110 e. The van der Waals surface area contributed by atoms with Crippen molar-refractivity contribution in [1.82, 2.24) is 14.8 Å². The third-order valence-corrected chi connectivity index (χ3v) is 4.84. The zero-order chi connectivity index (χ0) is 13.0. The van der Waals surface area contributed by atoms with E-state index in [-0.39, 0.29) is 0 Å². The van der Waals surface area contributed by atoms with Crippen LogP contribution in [-0.4, -0.2) is 48.0 Å². The molecular weight excluding hydrogens is 266 g/mol. The van der Waals surface area contributed by atoms with Gasteiger partial charge in [0.2, 0.25) is 0 Å². The third-order valence-electron chi connectivity index (χ3n) is 3.57. The van der Waals surface area contributed by atoms with Gasteiger partial charge in [0.1, 0.15) is 5.01 Å². The number of rotatable bonds is 4. The van der Waals surface area contributed by atoms with Crippen molar-refractivity contribution in [2.45, 2.75) is 31.7 Å². The minimum absolute atomic E-state index is 0.471. The van der Waals surface area contributed by atoms with E-state index in [1.807, 2.05) is 0 Å². The van der Waals surface area contributed by atoms with Gasteiger partial charge in [-0.25, -0.2) is 4.98 Å². The SMILES string of the molecule is CCC(c1nc(CCl)cs1)N1CCCN(C)CC1. The minimum atomic E-state index is 0.471. The Morgan fingerprint density at radius 3 is 2.89 bits per heavy atom. The maximum atomic E-state index is 5.84. The second-order valence-corrected chi connectivity index (χ2v) is 6.08. The summed E-state index contributed by atoms with van der Waals surface area (Å²) in [4.78, 5) is 9.66. The van der Waals surface area contributed by atoms with Gasteiger partial charge in [-0.1, -0.05) is 6.92 Å². The van der Waals surface area contributed by atoms with Crippen LogP contribution in [0.15, 0.2) is 5.38 Å². The molecule has 0 saturated carbocycles. The van der Waals surface area contributed by atoms with Gasteiger partial charge in [0.25, 0.3) is 0 Å². The molecule has 2 rings (SSSR count).